The van der Waals surface area contributed by atoms with Gasteiger partial charge >= 0.3 is 5.97 Å². The van der Waals surface area contributed by atoms with E-state index in [0.717, 1.165) is 5.56 Å². The van der Waals surface area contributed by atoms with Crippen LogP contribution in [0, 0.1) is 0 Å². The number of benzene rings is 1. The molecule has 0 bridgehead atoms. The molecule has 1 rings (SSSR count). The van der Waals surface area contributed by atoms with Crippen molar-refractivity contribution in [1.82, 2.24) is 0 Å². The highest BCUT2D eigenvalue weighted by Gasteiger charge is 2.06. The molecule has 3 heteroatoms. The topological polar surface area (TPSA) is 63.3 Å². The van der Waals surface area contributed by atoms with Gasteiger partial charge in [0, 0.05) is 0 Å². The largest absolute Gasteiger partial charge is 0.478 e. The molecule has 3 nitrogen and oxygen atoms in total. The first-order chi connectivity index (χ1) is 5.75. The second-order valence-corrected chi connectivity index (χ2v) is 2.50. The van der Waals surface area contributed by atoms with Gasteiger partial charge in [-0.05, 0) is 24.6 Å². The van der Waals surface area contributed by atoms with E-state index in [1.54, 1.807) is 18.2 Å². The van der Waals surface area contributed by atoms with Crippen LogP contribution >= 0.6 is 0 Å². The lowest BCUT2D eigenvalue weighted by molar-refractivity contribution is 0.0696. The minimum Gasteiger partial charge on any atom is -0.478 e. The van der Waals surface area contributed by atoms with Gasteiger partial charge in [-0.2, -0.15) is 0 Å². The molecule has 0 amide bonds. The molecule has 0 saturated carbocycles. The van der Waals surface area contributed by atoms with Gasteiger partial charge in [0.05, 0.1) is 5.56 Å². The molecule has 64 valence electrons. The van der Waals surface area contributed by atoms with E-state index in [1.807, 2.05) is 6.07 Å². The quantitative estimate of drug-likeness (QED) is 0.699. The number of aromatic carboxylic acids is 1. The molecule has 0 unspecified atom stereocenters. The molecular formula is C9H11NO2. The Hall–Kier alpha value is -1.35. The summed E-state index contributed by atoms with van der Waals surface area (Å²) in [4.78, 5) is 10.7. The summed E-state index contributed by atoms with van der Waals surface area (Å²) in [5, 5.41) is 8.75. The normalized spacial score (nSPS) is 9.75. The van der Waals surface area contributed by atoms with Crippen molar-refractivity contribution in [3.05, 3.63) is 35.4 Å². The fraction of sp³-hybridized carbons (Fsp3) is 0.222. The Balaban J connectivity index is 3.00. The molecule has 1 aromatic carbocycles. The lowest BCUT2D eigenvalue weighted by Gasteiger charge is -2.02. The van der Waals surface area contributed by atoms with Crippen molar-refractivity contribution >= 4 is 5.97 Å². The van der Waals surface area contributed by atoms with Crippen molar-refractivity contribution in [3.8, 4) is 0 Å². The maximum absolute atomic E-state index is 10.7. The summed E-state index contributed by atoms with van der Waals surface area (Å²) in [5.41, 5.74) is 6.49. The lowest BCUT2D eigenvalue weighted by Crippen LogP contribution is -2.08. The van der Waals surface area contributed by atoms with Gasteiger partial charge in [0.15, 0.2) is 0 Å². The summed E-state index contributed by atoms with van der Waals surface area (Å²) >= 11 is 0. The van der Waals surface area contributed by atoms with E-state index in [4.69, 9.17) is 10.8 Å². The standard InChI is InChI=1S/C9H11NO2/c10-6-5-7-3-1-2-4-8(7)9(11)12/h1-4H,5-6,10H2,(H,11,12). The molecule has 0 fully saturated rings. The first kappa shape index (κ1) is 8.74. The number of carboxylic acid groups (broad SMARTS) is 1. The molecule has 0 radical (unpaired) electrons. The molecule has 3 N–H and O–H groups in total. The van der Waals surface area contributed by atoms with E-state index in [-0.39, 0.29) is 0 Å². The summed E-state index contributed by atoms with van der Waals surface area (Å²) in [6.45, 7) is 0.476. The number of carbonyl (C=O) groups is 1. The predicted molar refractivity (Wildman–Crippen MR) is 46.2 cm³/mol. The molecular weight excluding hydrogens is 154 g/mol. The maximum Gasteiger partial charge on any atom is 0.335 e. The molecule has 0 aliphatic heterocycles. The van der Waals surface area contributed by atoms with Crippen LogP contribution in [0.5, 0.6) is 0 Å². The van der Waals surface area contributed by atoms with Gasteiger partial charge in [0.1, 0.15) is 0 Å². The van der Waals surface area contributed by atoms with Crippen LogP contribution in [0.3, 0.4) is 0 Å². The number of hydrogen-bond donors (Lipinski definition) is 2. The summed E-state index contributed by atoms with van der Waals surface area (Å²) in [6.07, 6.45) is 0.614. The third-order valence-corrected chi connectivity index (χ3v) is 1.66. The van der Waals surface area contributed by atoms with Crippen LogP contribution < -0.4 is 5.73 Å². The van der Waals surface area contributed by atoms with Crippen molar-refractivity contribution in [1.29, 1.82) is 0 Å². The second kappa shape index (κ2) is 3.88. The Kier molecular flexibility index (Phi) is 2.82. The third-order valence-electron chi connectivity index (χ3n) is 1.66. The highest BCUT2D eigenvalue weighted by molar-refractivity contribution is 5.89. The highest BCUT2D eigenvalue weighted by atomic mass is 16.4. The first-order valence-electron chi connectivity index (χ1n) is 3.77. The maximum atomic E-state index is 10.7. The summed E-state index contributed by atoms with van der Waals surface area (Å²) in [5.74, 6) is -0.890. The number of hydrogen-bond acceptors (Lipinski definition) is 2. The monoisotopic (exact) mass is 165 g/mol. The van der Waals surface area contributed by atoms with Gasteiger partial charge in [-0.25, -0.2) is 4.79 Å². The highest BCUT2D eigenvalue weighted by Crippen LogP contribution is 2.08. The van der Waals surface area contributed by atoms with E-state index in [1.165, 1.54) is 0 Å². The number of rotatable bonds is 3. The zero-order chi connectivity index (χ0) is 8.97. The zero-order valence-electron chi connectivity index (χ0n) is 6.66. The van der Waals surface area contributed by atoms with Crippen LogP contribution in [0.4, 0.5) is 0 Å². The van der Waals surface area contributed by atoms with Crippen molar-refractivity contribution in [3.63, 3.8) is 0 Å². The van der Waals surface area contributed by atoms with Gasteiger partial charge < -0.3 is 10.8 Å². The van der Waals surface area contributed by atoms with Crippen molar-refractivity contribution in [2.75, 3.05) is 6.54 Å². The van der Waals surface area contributed by atoms with Crippen LogP contribution in [0.1, 0.15) is 15.9 Å². The van der Waals surface area contributed by atoms with Gasteiger partial charge in [-0.3, -0.25) is 0 Å². The van der Waals surface area contributed by atoms with Crippen LogP contribution in [-0.2, 0) is 6.42 Å². The molecule has 0 aliphatic rings. The Morgan fingerprint density at radius 1 is 1.42 bits per heavy atom. The van der Waals surface area contributed by atoms with Gasteiger partial charge in [-0.15, -0.1) is 0 Å². The third kappa shape index (κ3) is 1.83. The van der Waals surface area contributed by atoms with Crippen LogP contribution in [0.25, 0.3) is 0 Å². The second-order valence-electron chi connectivity index (χ2n) is 2.50. The van der Waals surface area contributed by atoms with Gasteiger partial charge in [0.2, 0.25) is 0 Å². The SMILES string of the molecule is NCCc1ccccc1C(=O)O. The van der Waals surface area contributed by atoms with E-state index < -0.39 is 5.97 Å². The van der Waals surface area contributed by atoms with Crippen LogP contribution in [0.15, 0.2) is 24.3 Å². The molecule has 0 aliphatic carbocycles. The van der Waals surface area contributed by atoms with E-state index in [0.29, 0.717) is 18.5 Å². The average molecular weight is 165 g/mol. The Morgan fingerprint density at radius 3 is 2.67 bits per heavy atom. The minimum absolute atomic E-state index is 0.350. The van der Waals surface area contributed by atoms with Crippen LogP contribution in [0.2, 0.25) is 0 Å². The molecule has 0 aromatic heterocycles. The Labute approximate surface area is 70.8 Å². The first-order valence-corrected chi connectivity index (χ1v) is 3.77. The molecule has 0 spiro atoms. The molecule has 1 aromatic rings. The fourth-order valence-corrected chi connectivity index (χ4v) is 1.10. The van der Waals surface area contributed by atoms with Gasteiger partial charge in [-0.1, -0.05) is 18.2 Å². The van der Waals surface area contributed by atoms with E-state index in [2.05, 4.69) is 0 Å². The fourth-order valence-electron chi connectivity index (χ4n) is 1.10. The Morgan fingerprint density at radius 2 is 2.08 bits per heavy atom. The van der Waals surface area contributed by atoms with Crippen molar-refractivity contribution in [2.24, 2.45) is 5.73 Å². The average Bonchev–Trinajstić information content (AvgIpc) is 2.05. The number of carboxylic acids is 1. The number of nitrogens with two attached hydrogens (primary N) is 1. The zero-order valence-corrected chi connectivity index (χ0v) is 6.66. The van der Waals surface area contributed by atoms with E-state index in [9.17, 15) is 4.79 Å². The minimum atomic E-state index is -0.890. The smallest absolute Gasteiger partial charge is 0.335 e. The van der Waals surface area contributed by atoms with Gasteiger partial charge in [0.25, 0.3) is 0 Å². The summed E-state index contributed by atoms with van der Waals surface area (Å²) in [7, 11) is 0. The van der Waals surface area contributed by atoms with Crippen molar-refractivity contribution in [2.45, 2.75) is 6.42 Å². The van der Waals surface area contributed by atoms with Crippen molar-refractivity contribution < 1.29 is 9.90 Å². The molecule has 12 heavy (non-hydrogen) atoms. The van der Waals surface area contributed by atoms with Crippen LogP contribution in [-0.4, -0.2) is 17.6 Å². The molecule has 0 saturated heterocycles. The predicted octanol–water partition coefficient (Wildman–Crippen LogP) is 0.886. The lowest BCUT2D eigenvalue weighted by atomic mass is 10.1. The van der Waals surface area contributed by atoms with E-state index >= 15 is 0 Å². The molecule has 0 heterocycles. The molecule has 0 atom stereocenters. The Bertz CT molecular complexity index is 284. The summed E-state index contributed by atoms with van der Waals surface area (Å²) in [6, 6.07) is 6.91. The summed E-state index contributed by atoms with van der Waals surface area (Å²) < 4.78 is 0.